The molecule has 0 unspecified atom stereocenters. The van der Waals surface area contributed by atoms with E-state index in [0.29, 0.717) is 6.42 Å². The molecule has 0 saturated heterocycles. The van der Waals surface area contributed by atoms with Crippen LogP contribution >= 0.6 is 33.9 Å². The van der Waals surface area contributed by atoms with Gasteiger partial charge in [-0.15, -0.1) is 11.3 Å². The molecule has 4 fully saturated rings. The summed E-state index contributed by atoms with van der Waals surface area (Å²) in [6, 6.07) is 14.5. The minimum atomic E-state index is 0.181. The second-order valence-electron chi connectivity index (χ2n) is 9.82. The number of anilines is 1. The molecule has 3 aromatic rings. The Bertz CT molecular complexity index is 1070. The van der Waals surface area contributed by atoms with E-state index in [9.17, 15) is 4.79 Å². The number of amides is 1. The molecule has 154 valence electrons. The Morgan fingerprint density at radius 2 is 1.77 bits per heavy atom. The summed E-state index contributed by atoms with van der Waals surface area (Å²) in [5.74, 6) is 2.81. The minimum absolute atomic E-state index is 0.181. The monoisotopic (exact) mass is 528 g/mol. The van der Waals surface area contributed by atoms with E-state index in [1.54, 1.807) is 11.3 Å². The molecule has 4 saturated carbocycles. The number of hydrogen-bond donors (Lipinski definition) is 1. The Balaban J connectivity index is 1.27. The lowest BCUT2D eigenvalue weighted by Gasteiger charge is -2.56. The van der Waals surface area contributed by atoms with Crippen LogP contribution in [0.1, 0.15) is 44.9 Å². The van der Waals surface area contributed by atoms with Crippen molar-refractivity contribution in [3.05, 3.63) is 46.0 Å². The lowest BCUT2D eigenvalue weighted by molar-refractivity contribution is -0.124. The smallest absolute Gasteiger partial charge is 0.224 e. The van der Waals surface area contributed by atoms with E-state index < -0.39 is 0 Å². The highest BCUT2D eigenvalue weighted by Crippen LogP contribution is 2.61. The molecular formula is C25H25IN2OS. The van der Waals surface area contributed by atoms with Crippen LogP contribution in [0.15, 0.2) is 42.5 Å². The maximum atomic E-state index is 13.2. The predicted molar refractivity (Wildman–Crippen MR) is 132 cm³/mol. The summed E-state index contributed by atoms with van der Waals surface area (Å²) in [5.41, 5.74) is 3.20. The highest BCUT2D eigenvalue weighted by Gasteiger charge is 2.51. The summed E-state index contributed by atoms with van der Waals surface area (Å²) in [6.07, 6.45) is 8.73. The van der Waals surface area contributed by atoms with Gasteiger partial charge in [0.25, 0.3) is 0 Å². The number of benzene rings is 2. The van der Waals surface area contributed by atoms with Crippen molar-refractivity contribution in [1.29, 1.82) is 0 Å². The van der Waals surface area contributed by atoms with Gasteiger partial charge in [-0.1, -0.05) is 12.1 Å². The first kappa shape index (κ1) is 19.2. The maximum Gasteiger partial charge on any atom is 0.224 e. The maximum absolute atomic E-state index is 13.2. The molecule has 1 amide bonds. The van der Waals surface area contributed by atoms with E-state index in [2.05, 4.69) is 52.2 Å². The molecule has 0 spiro atoms. The quantitative estimate of drug-likeness (QED) is 0.367. The van der Waals surface area contributed by atoms with E-state index in [1.165, 1.54) is 43.2 Å². The first-order valence-corrected chi connectivity index (χ1v) is 12.9. The summed E-state index contributed by atoms with van der Waals surface area (Å²) in [4.78, 5) is 18.0. The van der Waals surface area contributed by atoms with Gasteiger partial charge in [0.05, 0.1) is 15.9 Å². The Labute approximate surface area is 194 Å². The van der Waals surface area contributed by atoms with Gasteiger partial charge in [0.2, 0.25) is 5.91 Å². The molecule has 5 heteroatoms. The molecule has 1 aromatic heterocycles. The van der Waals surface area contributed by atoms with Gasteiger partial charge >= 0.3 is 0 Å². The standard InChI is InChI=1S/C25H25IN2OS/c26-18-5-6-20(19(10-18)24-28-21-3-1-2-4-22(21)30-24)27-23(29)14-25-11-15-7-16(12-25)9-17(8-15)13-25/h1-6,10,15-17H,7-9,11-14H2,(H,27,29). The molecule has 0 aliphatic heterocycles. The van der Waals surface area contributed by atoms with Crippen LogP contribution in [0.25, 0.3) is 20.8 Å². The minimum Gasteiger partial charge on any atom is -0.325 e. The van der Waals surface area contributed by atoms with Crippen molar-refractivity contribution < 1.29 is 4.79 Å². The molecule has 1 heterocycles. The van der Waals surface area contributed by atoms with E-state index in [0.717, 1.165) is 43.1 Å². The molecule has 4 bridgehead atoms. The largest absolute Gasteiger partial charge is 0.325 e. The molecular weight excluding hydrogens is 503 g/mol. The number of rotatable bonds is 4. The van der Waals surface area contributed by atoms with Crippen molar-refractivity contribution in [2.45, 2.75) is 44.9 Å². The number of carbonyl (C=O) groups excluding carboxylic acids is 1. The molecule has 30 heavy (non-hydrogen) atoms. The molecule has 2 aromatic carbocycles. The Hall–Kier alpha value is -1.47. The Morgan fingerprint density at radius 3 is 2.47 bits per heavy atom. The van der Waals surface area contributed by atoms with E-state index in [1.807, 2.05) is 18.2 Å². The fraction of sp³-hybridized carbons (Fsp3) is 0.440. The second kappa shape index (κ2) is 7.30. The number of para-hydroxylation sites is 1. The van der Waals surface area contributed by atoms with Gasteiger partial charge in [0, 0.05) is 15.6 Å². The van der Waals surface area contributed by atoms with Crippen LogP contribution < -0.4 is 5.32 Å². The number of aromatic nitrogens is 1. The Morgan fingerprint density at radius 1 is 1.07 bits per heavy atom. The van der Waals surface area contributed by atoms with Gasteiger partial charge < -0.3 is 5.32 Å². The third kappa shape index (κ3) is 3.48. The first-order valence-electron chi connectivity index (χ1n) is 11.0. The van der Waals surface area contributed by atoms with Gasteiger partial charge in [-0.25, -0.2) is 4.98 Å². The van der Waals surface area contributed by atoms with Gasteiger partial charge in [-0.05, 0) is 115 Å². The van der Waals surface area contributed by atoms with Crippen LogP contribution in [0, 0.1) is 26.7 Å². The van der Waals surface area contributed by atoms with Crippen LogP contribution in [0.4, 0.5) is 5.69 Å². The van der Waals surface area contributed by atoms with Crippen LogP contribution in [0.5, 0.6) is 0 Å². The van der Waals surface area contributed by atoms with Crippen molar-refractivity contribution in [2.75, 3.05) is 5.32 Å². The summed E-state index contributed by atoms with van der Waals surface area (Å²) < 4.78 is 2.33. The van der Waals surface area contributed by atoms with Crippen molar-refractivity contribution >= 4 is 55.7 Å². The lowest BCUT2D eigenvalue weighted by atomic mass is 9.49. The zero-order valence-corrected chi connectivity index (χ0v) is 19.8. The molecule has 3 nitrogen and oxygen atoms in total. The van der Waals surface area contributed by atoms with Gasteiger partial charge in [-0.3, -0.25) is 4.79 Å². The lowest BCUT2D eigenvalue weighted by Crippen LogP contribution is -2.47. The second-order valence-corrected chi connectivity index (χ2v) is 12.1. The number of thiazole rings is 1. The molecule has 4 aliphatic carbocycles. The molecule has 7 rings (SSSR count). The van der Waals surface area contributed by atoms with E-state index in [-0.39, 0.29) is 11.3 Å². The van der Waals surface area contributed by atoms with Crippen molar-refractivity contribution in [1.82, 2.24) is 4.98 Å². The molecule has 1 N–H and O–H groups in total. The number of halogens is 1. The van der Waals surface area contributed by atoms with Gasteiger partial charge in [0.1, 0.15) is 5.01 Å². The Kier molecular flexibility index (Phi) is 4.68. The summed E-state index contributed by atoms with van der Waals surface area (Å²) >= 11 is 4.02. The van der Waals surface area contributed by atoms with Crippen LogP contribution in [0.2, 0.25) is 0 Å². The highest BCUT2D eigenvalue weighted by atomic mass is 127. The van der Waals surface area contributed by atoms with Crippen LogP contribution in [-0.4, -0.2) is 10.9 Å². The SMILES string of the molecule is O=C(CC12CC3CC(CC(C3)C1)C2)Nc1ccc(I)cc1-c1nc2ccccc2s1. The van der Waals surface area contributed by atoms with Crippen molar-refractivity contribution in [2.24, 2.45) is 23.2 Å². The number of nitrogens with zero attached hydrogens (tertiary/aromatic N) is 1. The number of carbonyl (C=O) groups is 1. The van der Waals surface area contributed by atoms with E-state index in [4.69, 9.17) is 4.98 Å². The third-order valence-electron chi connectivity index (χ3n) is 7.48. The average Bonchev–Trinajstić information content (AvgIpc) is 3.12. The fourth-order valence-corrected chi connectivity index (χ4v) is 8.32. The van der Waals surface area contributed by atoms with Gasteiger partial charge in [-0.2, -0.15) is 0 Å². The summed E-state index contributed by atoms with van der Waals surface area (Å²) in [5, 5.41) is 4.25. The third-order valence-corrected chi connectivity index (χ3v) is 9.22. The summed E-state index contributed by atoms with van der Waals surface area (Å²) in [6.45, 7) is 0. The zero-order valence-electron chi connectivity index (χ0n) is 16.9. The van der Waals surface area contributed by atoms with Crippen molar-refractivity contribution in [3.8, 4) is 10.6 Å². The first-order chi connectivity index (χ1) is 14.6. The van der Waals surface area contributed by atoms with Crippen LogP contribution in [-0.2, 0) is 4.79 Å². The van der Waals surface area contributed by atoms with E-state index >= 15 is 0 Å². The fourth-order valence-electron chi connectivity index (χ4n) is 6.83. The molecule has 0 radical (unpaired) electrons. The average molecular weight is 528 g/mol. The van der Waals surface area contributed by atoms with Crippen molar-refractivity contribution in [3.63, 3.8) is 0 Å². The zero-order chi connectivity index (χ0) is 20.3. The number of fused-ring (bicyclic) bond motifs is 1. The number of hydrogen-bond acceptors (Lipinski definition) is 3. The summed E-state index contributed by atoms with van der Waals surface area (Å²) in [7, 11) is 0. The normalized spacial score (nSPS) is 29.4. The predicted octanol–water partition coefficient (Wildman–Crippen LogP) is 7.11. The van der Waals surface area contributed by atoms with Gasteiger partial charge in [0.15, 0.2) is 0 Å². The topological polar surface area (TPSA) is 42.0 Å². The molecule has 0 atom stereocenters. The molecule has 4 aliphatic rings. The highest BCUT2D eigenvalue weighted by molar-refractivity contribution is 14.1. The van der Waals surface area contributed by atoms with Crippen LogP contribution in [0.3, 0.4) is 0 Å². The number of nitrogens with one attached hydrogen (secondary N) is 1.